The van der Waals surface area contributed by atoms with Gasteiger partial charge in [0.2, 0.25) is 0 Å². The Bertz CT molecular complexity index is 912. The minimum atomic E-state index is -4.70. The molecule has 0 aliphatic carbocycles. The highest BCUT2D eigenvalue weighted by Gasteiger charge is 2.44. The second kappa shape index (κ2) is 9.14. The van der Waals surface area contributed by atoms with Gasteiger partial charge in [0.15, 0.2) is 5.11 Å². The smallest absolute Gasteiger partial charge is 0.428 e. The molecular formula is C16H12F4N4O4S. The van der Waals surface area contributed by atoms with Crippen LogP contribution in [0, 0.1) is 10.1 Å². The van der Waals surface area contributed by atoms with Gasteiger partial charge in [0, 0.05) is 23.4 Å². The number of thiocarbonyl (C=S) groups is 1. The van der Waals surface area contributed by atoms with E-state index in [1.54, 1.807) is 0 Å². The number of benzene rings is 2. The van der Waals surface area contributed by atoms with Crippen molar-refractivity contribution in [3.8, 4) is 5.75 Å². The van der Waals surface area contributed by atoms with E-state index in [0.29, 0.717) is 5.69 Å². The van der Waals surface area contributed by atoms with Crippen molar-refractivity contribution in [3.05, 3.63) is 64.2 Å². The number of alkyl halides is 4. The zero-order valence-electron chi connectivity index (χ0n) is 14.2. The maximum absolute atomic E-state index is 12.9. The SMILES string of the molecule is O=C(NNC(=S)Nc1ccc([N+](=O)[O-])cc1)c1cccc(OC(F)(F)C(F)F)c1. The van der Waals surface area contributed by atoms with Crippen molar-refractivity contribution in [3.63, 3.8) is 0 Å². The number of hydrogen-bond donors (Lipinski definition) is 3. The number of carbonyl (C=O) groups is 1. The van der Waals surface area contributed by atoms with Crippen LogP contribution in [-0.4, -0.2) is 28.5 Å². The highest BCUT2D eigenvalue weighted by molar-refractivity contribution is 7.80. The summed E-state index contributed by atoms with van der Waals surface area (Å²) in [6.07, 6.45) is -8.74. The number of ether oxygens (including phenoxy) is 1. The van der Waals surface area contributed by atoms with Crippen LogP contribution < -0.4 is 20.9 Å². The Morgan fingerprint density at radius 3 is 2.38 bits per heavy atom. The third-order valence-electron chi connectivity index (χ3n) is 3.23. The van der Waals surface area contributed by atoms with E-state index in [1.807, 2.05) is 0 Å². The lowest BCUT2D eigenvalue weighted by atomic mass is 10.2. The summed E-state index contributed by atoms with van der Waals surface area (Å²) in [5, 5.41) is 13.2. The molecule has 0 saturated carbocycles. The van der Waals surface area contributed by atoms with Gasteiger partial charge in [0.25, 0.3) is 11.6 Å². The summed E-state index contributed by atoms with van der Waals surface area (Å²) in [5.41, 5.74) is 4.60. The molecule has 2 rings (SSSR count). The van der Waals surface area contributed by atoms with Crippen molar-refractivity contribution < 1.29 is 32.0 Å². The van der Waals surface area contributed by atoms with Crippen LogP contribution in [0.3, 0.4) is 0 Å². The molecule has 2 aromatic rings. The van der Waals surface area contributed by atoms with Gasteiger partial charge in [-0.15, -0.1) is 0 Å². The van der Waals surface area contributed by atoms with Crippen molar-refractivity contribution in [2.75, 3.05) is 5.32 Å². The molecule has 154 valence electrons. The van der Waals surface area contributed by atoms with Gasteiger partial charge in [0.1, 0.15) is 5.75 Å². The van der Waals surface area contributed by atoms with Gasteiger partial charge in [-0.1, -0.05) is 6.07 Å². The van der Waals surface area contributed by atoms with Crippen LogP contribution in [0.4, 0.5) is 28.9 Å². The molecule has 0 radical (unpaired) electrons. The van der Waals surface area contributed by atoms with Gasteiger partial charge >= 0.3 is 12.5 Å². The summed E-state index contributed by atoms with van der Waals surface area (Å²) >= 11 is 4.94. The van der Waals surface area contributed by atoms with E-state index in [4.69, 9.17) is 12.2 Å². The number of hydrogen-bond acceptors (Lipinski definition) is 5. The first kappa shape index (κ1) is 21.8. The number of rotatable bonds is 6. The van der Waals surface area contributed by atoms with Crippen LogP contribution in [0.15, 0.2) is 48.5 Å². The molecule has 0 bridgehead atoms. The molecule has 29 heavy (non-hydrogen) atoms. The summed E-state index contributed by atoms with van der Waals surface area (Å²) in [5.74, 6) is -1.45. The molecule has 0 fully saturated rings. The van der Waals surface area contributed by atoms with Crippen molar-refractivity contribution in [2.45, 2.75) is 12.5 Å². The fourth-order valence-electron chi connectivity index (χ4n) is 1.92. The normalized spacial score (nSPS) is 10.9. The molecule has 1 amide bonds. The first-order chi connectivity index (χ1) is 13.6. The second-order valence-corrected chi connectivity index (χ2v) is 5.74. The van der Waals surface area contributed by atoms with Crippen LogP contribution in [0.25, 0.3) is 0 Å². The second-order valence-electron chi connectivity index (χ2n) is 5.33. The van der Waals surface area contributed by atoms with E-state index in [-0.39, 0.29) is 16.4 Å². The summed E-state index contributed by atoms with van der Waals surface area (Å²) in [4.78, 5) is 22.1. The van der Waals surface area contributed by atoms with E-state index in [1.165, 1.54) is 36.4 Å². The third kappa shape index (κ3) is 6.27. The van der Waals surface area contributed by atoms with Crippen molar-refractivity contribution >= 4 is 34.6 Å². The standard InChI is InChI=1S/C16H12F4N4O4S/c17-14(18)16(19,20)28-12-3-1-2-9(8-12)13(25)22-23-15(29)21-10-4-6-11(7-5-10)24(26)27/h1-8,14H,(H,22,25)(H2,21,23,29). The van der Waals surface area contributed by atoms with Gasteiger partial charge in [-0.05, 0) is 42.5 Å². The maximum atomic E-state index is 12.9. The Morgan fingerprint density at radius 1 is 1.14 bits per heavy atom. The Kier molecular flexibility index (Phi) is 6.88. The number of hydrazine groups is 1. The molecule has 8 nitrogen and oxygen atoms in total. The predicted octanol–water partition coefficient (Wildman–Crippen LogP) is 3.46. The van der Waals surface area contributed by atoms with E-state index in [2.05, 4.69) is 20.9 Å². The van der Waals surface area contributed by atoms with E-state index < -0.39 is 29.1 Å². The lowest BCUT2D eigenvalue weighted by Gasteiger charge is -2.17. The number of anilines is 1. The lowest BCUT2D eigenvalue weighted by molar-refractivity contribution is -0.384. The number of nitrogens with one attached hydrogen (secondary N) is 3. The van der Waals surface area contributed by atoms with E-state index >= 15 is 0 Å². The minimum Gasteiger partial charge on any atom is -0.428 e. The molecule has 0 heterocycles. The first-order valence-electron chi connectivity index (χ1n) is 7.65. The number of halogens is 4. The molecule has 0 aliphatic heterocycles. The Balaban J connectivity index is 1.92. The maximum Gasteiger partial charge on any atom is 0.461 e. The van der Waals surface area contributed by atoms with Crippen molar-refractivity contribution in [1.29, 1.82) is 0 Å². The van der Waals surface area contributed by atoms with Crippen molar-refractivity contribution in [1.82, 2.24) is 10.9 Å². The Morgan fingerprint density at radius 2 is 1.79 bits per heavy atom. The summed E-state index contributed by atoms with van der Waals surface area (Å²) in [7, 11) is 0. The zero-order valence-corrected chi connectivity index (χ0v) is 15.0. The molecule has 0 saturated heterocycles. The number of carbonyl (C=O) groups excluding carboxylic acids is 1. The molecule has 0 aromatic heterocycles. The molecule has 0 aliphatic rings. The summed E-state index contributed by atoms with van der Waals surface area (Å²) in [6.45, 7) is 0. The first-order valence-corrected chi connectivity index (χ1v) is 8.06. The lowest BCUT2D eigenvalue weighted by Crippen LogP contribution is -2.43. The average molecular weight is 432 g/mol. The van der Waals surface area contributed by atoms with Crippen molar-refractivity contribution in [2.24, 2.45) is 0 Å². The quantitative estimate of drug-likeness (QED) is 0.278. The number of non-ortho nitro benzene ring substituents is 1. The summed E-state index contributed by atoms with van der Waals surface area (Å²) in [6, 6.07) is 9.49. The zero-order chi connectivity index (χ0) is 21.6. The van der Waals surface area contributed by atoms with Crippen LogP contribution >= 0.6 is 12.2 Å². The highest BCUT2D eigenvalue weighted by Crippen LogP contribution is 2.27. The topological polar surface area (TPSA) is 106 Å². The number of nitro groups is 1. The number of nitrogens with zero attached hydrogens (tertiary/aromatic N) is 1. The molecule has 0 atom stereocenters. The molecule has 2 aromatic carbocycles. The molecule has 13 heteroatoms. The number of amides is 1. The average Bonchev–Trinajstić information content (AvgIpc) is 2.66. The molecule has 3 N–H and O–H groups in total. The van der Waals surface area contributed by atoms with Gasteiger partial charge in [0.05, 0.1) is 4.92 Å². The van der Waals surface area contributed by atoms with Gasteiger partial charge in [-0.25, -0.2) is 0 Å². The van der Waals surface area contributed by atoms with E-state index in [0.717, 1.165) is 12.1 Å². The van der Waals surface area contributed by atoms with Crippen LogP contribution in [0.5, 0.6) is 5.75 Å². The van der Waals surface area contributed by atoms with Gasteiger partial charge < -0.3 is 10.1 Å². The van der Waals surface area contributed by atoms with E-state index in [9.17, 15) is 32.5 Å². The minimum absolute atomic E-state index is 0.0798. The molecular weight excluding hydrogens is 420 g/mol. The third-order valence-corrected chi connectivity index (χ3v) is 3.43. The predicted molar refractivity (Wildman–Crippen MR) is 97.9 cm³/mol. The fraction of sp³-hybridized carbons (Fsp3) is 0.125. The van der Waals surface area contributed by atoms with Gasteiger partial charge in [-0.2, -0.15) is 17.6 Å². The highest BCUT2D eigenvalue weighted by atomic mass is 32.1. The Hall–Kier alpha value is -3.48. The van der Waals surface area contributed by atoms with Crippen LogP contribution in [0.2, 0.25) is 0 Å². The summed E-state index contributed by atoms with van der Waals surface area (Å²) < 4.78 is 54.2. The Labute approximate surface area is 166 Å². The molecule has 0 unspecified atom stereocenters. The largest absolute Gasteiger partial charge is 0.461 e. The van der Waals surface area contributed by atoms with Crippen LogP contribution in [-0.2, 0) is 0 Å². The number of nitro benzene ring substituents is 1. The van der Waals surface area contributed by atoms with Gasteiger partial charge in [-0.3, -0.25) is 25.8 Å². The monoisotopic (exact) mass is 432 g/mol. The van der Waals surface area contributed by atoms with Crippen LogP contribution in [0.1, 0.15) is 10.4 Å². The fourth-order valence-corrected chi connectivity index (χ4v) is 2.09. The molecule has 0 spiro atoms.